The third-order valence-electron chi connectivity index (χ3n) is 5.32. The summed E-state index contributed by atoms with van der Waals surface area (Å²) in [7, 11) is 0. The first-order valence-electron chi connectivity index (χ1n) is 10.00. The fourth-order valence-corrected chi connectivity index (χ4v) is 3.73. The van der Waals surface area contributed by atoms with Gasteiger partial charge < -0.3 is 14.5 Å². The molecule has 4 rings (SSSR count). The third kappa shape index (κ3) is 4.66. The van der Waals surface area contributed by atoms with Crippen molar-refractivity contribution in [1.82, 2.24) is 19.8 Å². The molecule has 4 heterocycles. The van der Waals surface area contributed by atoms with E-state index in [-0.39, 0.29) is 5.91 Å². The Labute approximate surface area is 165 Å². The SMILES string of the molecule is O=C(c1ccc(N2CCCN(Cc3ccccn3)CC2)nc1)N1CCOCC1. The van der Waals surface area contributed by atoms with Gasteiger partial charge in [-0.15, -0.1) is 0 Å². The number of rotatable bonds is 4. The summed E-state index contributed by atoms with van der Waals surface area (Å²) in [4.78, 5) is 28.2. The molecular weight excluding hydrogens is 354 g/mol. The Kier molecular flexibility index (Phi) is 6.14. The van der Waals surface area contributed by atoms with Gasteiger partial charge in [0.25, 0.3) is 5.91 Å². The number of carbonyl (C=O) groups excluding carboxylic acids is 1. The quantitative estimate of drug-likeness (QED) is 0.803. The van der Waals surface area contributed by atoms with Gasteiger partial charge in [-0.25, -0.2) is 4.98 Å². The molecule has 2 aromatic rings. The zero-order chi connectivity index (χ0) is 19.2. The Hall–Kier alpha value is -2.51. The molecule has 2 aromatic heterocycles. The number of hydrogen-bond acceptors (Lipinski definition) is 6. The highest BCUT2D eigenvalue weighted by Gasteiger charge is 2.20. The van der Waals surface area contributed by atoms with E-state index in [2.05, 4.69) is 25.8 Å². The van der Waals surface area contributed by atoms with Gasteiger partial charge in [-0.1, -0.05) is 6.07 Å². The van der Waals surface area contributed by atoms with Crippen LogP contribution in [0.3, 0.4) is 0 Å². The molecule has 7 heteroatoms. The highest BCUT2D eigenvalue weighted by Crippen LogP contribution is 2.16. The summed E-state index contributed by atoms with van der Waals surface area (Å²) in [5, 5.41) is 0. The second-order valence-corrected chi connectivity index (χ2v) is 7.25. The lowest BCUT2D eigenvalue weighted by Gasteiger charge is -2.27. The number of pyridine rings is 2. The zero-order valence-corrected chi connectivity index (χ0v) is 16.2. The Morgan fingerprint density at radius 3 is 2.61 bits per heavy atom. The van der Waals surface area contributed by atoms with Crippen LogP contribution in [0.2, 0.25) is 0 Å². The minimum atomic E-state index is 0.0414. The van der Waals surface area contributed by atoms with Gasteiger partial charge in [0.1, 0.15) is 5.82 Å². The summed E-state index contributed by atoms with van der Waals surface area (Å²) in [6, 6.07) is 9.94. The Morgan fingerprint density at radius 2 is 1.86 bits per heavy atom. The average molecular weight is 381 g/mol. The molecule has 0 atom stereocenters. The smallest absolute Gasteiger partial charge is 0.255 e. The summed E-state index contributed by atoms with van der Waals surface area (Å²) in [6.07, 6.45) is 4.65. The number of carbonyl (C=O) groups is 1. The van der Waals surface area contributed by atoms with E-state index >= 15 is 0 Å². The van der Waals surface area contributed by atoms with Crippen LogP contribution in [0.5, 0.6) is 0 Å². The van der Waals surface area contributed by atoms with E-state index in [1.54, 1.807) is 6.20 Å². The first-order chi connectivity index (χ1) is 13.8. The van der Waals surface area contributed by atoms with Gasteiger partial charge in [0.05, 0.1) is 24.5 Å². The van der Waals surface area contributed by atoms with E-state index in [4.69, 9.17) is 4.74 Å². The predicted molar refractivity (Wildman–Crippen MR) is 107 cm³/mol. The number of hydrogen-bond donors (Lipinski definition) is 0. The van der Waals surface area contributed by atoms with Crippen molar-refractivity contribution in [3.8, 4) is 0 Å². The molecule has 0 radical (unpaired) electrons. The summed E-state index contributed by atoms with van der Waals surface area (Å²) in [5.74, 6) is 0.984. The van der Waals surface area contributed by atoms with Crippen molar-refractivity contribution in [2.45, 2.75) is 13.0 Å². The number of nitrogens with zero attached hydrogens (tertiary/aromatic N) is 5. The summed E-state index contributed by atoms with van der Waals surface area (Å²) < 4.78 is 5.32. The topological polar surface area (TPSA) is 61.8 Å². The normalized spacial score (nSPS) is 18.7. The largest absolute Gasteiger partial charge is 0.378 e. The molecule has 148 valence electrons. The average Bonchev–Trinajstić information content (AvgIpc) is 3.00. The number of morpholine rings is 1. The second-order valence-electron chi connectivity index (χ2n) is 7.25. The molecule has 0 unspecified atom stereocenters. The van der Waals surface area contributed by atoms with Crippen molar-refractivity contribution in [3.05, 3.63) is 54.0 Å². The van der Waals surface area contributed by atoms with Crippen molar-refractivity contribution in [2.24, 2.45) is 0 Å². The molecule has 0 aromatic carbocycles. The van der Waals surface area contributed by atoms with Gasteiger partial charge in [-0.3, -0.25) is 14.7 Å². The lowest BCUT2D eigenvalue weighted by atomic mass is 10.2. The van der Waals surface area contributed by atoms with Gasteiger partial charge in [-0.05, 0) is 30.7 Å². The van der Waals surface area contributed by atoms with Crippen molar-refractivity contribution in [2.75, 3.05) is 57.4 Å². The maximum Gasteiger partial charge on any atom is 0.255 e. The van der Waals surface area contributed by atoms with Gasteiger partial charge in [-0.2, -0.15) is 0 Å². The van der Waals surface area contributed by atoms with Crippen molar-refractivity contribution in [1.29, 1.82) is 0 Å². The van der Waals surface area contributed by atoms with Gasteiger partial charge >= 0.3 is 0 Å². The highest BCUT2D eigenvalue weighted by atomic mass is 16.5. The standard InChI is InChI=1S/C21H27N5O2/c27-21(26-12-14-28-15-13-26)18-5-6-20(23-16-18)25-9-3-8-24(10-11-25)17-19-4-1-2-7-22-19/h1-2,4-7,16H,3,8-15,17H2. The minimum absolute atomic E-state index is 0.0414. The zero-order valence-electron chi connectivity index (χ0n) is 16.2. The fraction of sp³-hybridized carbons (Fsp3) is 0.476. The van der Waals surface area contributed by atoms with Crippen molar-refractivity contribution >= 4 is 11.7 Å². The van der Waals surface area contributed by atoms with Gasteiger partial charge in [0.2, 0.25) is 0 Å². The molecule has 0 spiro atoms. The van der Waals surface area contributed by atoms with Gasteiger partial charge in [0.15, 0.2) is 0 Å². The molecule has 28 heavy (non-hydrogen) atoms. The van der Waals surface area contributed by atoms with Crippen molar-refractivity contribution in [3.63, 3.8) is 0 Å². The van der Waals surface area contributed by atoms with Crippen LogP contribution in [0.1, 0.15) is 22.5 Å². The van der Waals surface area contributed by atoms with Crippen LogP contribution in [-0.4, -0.2) is 78.2 Å². The van der Waals surface area contributed by atoms with Crippen LogP contribution in [0.25, 0.3) is 0 Å². The Bertz CT molecular complexity index is 762. The number of aromatic nitrogens is 2. The molecule has 2 aliphatic rings. The summed E-state index contributed by atoms with van der Waals surface area (Å²) in [6.45, 7) is 7.35. The molecule has 0 N–H and O–H groups in total. The Balaban J connectivity index is 1.34. The number of anilines is 1. The molecule has 2 saturated heterocycles. The van der Waals surface area contributed by atoms with E-state index < -0.39 is 0 Å². The molecule has 0 aliphatic carbocycles. The van der Waals surface area contributed by atoms with Crippen LogP contribution in [-0.2, 0) is 11.3 Å². The molecule has 7 nitrogen and oxygen atoms in total. The molecule has 0 bridgehead atoms. The van der Waals surface area contributed by atoms with E-state index in [1.165, 1.54) is 0 Å². The first-order valence-corrected chi connectivity index (χ1v) is 10.00. The number of ether oxygens (including phenoxy) is 1. The molecular formula is C21H27N5O2. The van der Waals surface area contributed by atoms with Crippen LogP contribution in [0, 0.1) is 0 Å². The van der Waals surface area contributed by atoms with E-state index in [9.17, 15) is 4.79 Å². The van der Waals surface area contributed by atoms with Crippen LogP contribution in [0.4, 0.5) is 5.82 Å². The van der Waals surface area contributed by atoms with Crippen LogP contribution < -0.4 is 4.90 Å². The lowest BCUT2D eigenvalue weighted by Crippen LogP contribution is -2.40. The van der Waals surface area contributed by atoms with E-state index in [1.807, 2.05) is 35.4 Å². The maximum absolute atomic E-state index is 12.6. The lowest BCUT2D eigenvalue weighted by molar-refractivity contribution is 0.0302. The van der Waals surface area contributed by atoms with Crippen LogP contribution in [0.15, 0.2) is 42.7 Å². The maximum atomic E-state index is 12.6. The predicted octanol–water partition coefficient (Wildman–Crippen LogP) is 1.66. The third-order valence-corrected chi connectivity index (χ3v) is 5.32. The first kappa shape index (κ1) is 18.8. The minimum Gasteiger partial charge on any atom is -0.378 e. The molecule has 0 saturated carbocycles. The summed E-state index contributed by atoms with van der Waals surface area (Å²) >= 11 is 0. The monoisotopic (exact) mass is 381 g/mol. The second kappa shape index (κ2) is 9.12. The van der Waals surface area contributed by atoms with Crippen LogP contribution >= 0.6 is 0 Å². The molecule has 2 aliphatic heterocycles. The Morgan fingerprint density at radius 1 is 0.964 bits per heavy atom. The molecule has 2 fully saturated rings. The van der Waals surface area contributed by atoms with Gasteiger partial charge in [0, 0.05) is 58.2 Å². The number of amides is 1. The molecule has 1 amide bonds. The van der Waals surface area contributed by atoms with E-state index in [0.717, 1.165) is 50.7 Å². The van der Waals surface area contributed by atoms with Crippen molar-refractivity contribution < 1.29 is 9.53 Å². The highest BCUT2D eigenvalue weighted by molar-refractivity contribution is 5.94. The summed E-state index contributed by atoms with van der Waals surface area (Å²) in [5.41, 5.74) is 1.76. The fourth-order valence-electron chi connectivity index (χ4n) is 3.73. The van der Waals surface area contributed by atoms with E-state index in [0.29, 0.717) is 31.9 Å².